The summed E-state index contributed by atoms with van der Waals surface area (Å²) in [5.74, 6) is 0.395. The predicted molar refractivity (Wildman–Crippen MR) is 75.1 cm³/mol. The Morgan fingerprint density at radius 3 is 2.41 bits per heavy atom. The van der Waals surface area contributed by atoms with Gasteiger partial charge in [0, 0.05) is 17.8 Å². The molecule has 0 bridgehead atoms. The Balaban J connectivity index is 2.46. The summed E-state index contributed by atoms with van der Waals surface area (Å²) in [6.45, 7) is 5.35. The van der Waals surface area contributed by atoms with Crippen LogP contribution < -0.4 is 11.1 Å². The fourth-order valence-corrected chi connectivity index (χ4v) is 3.45. The van der Waals surface area contributed by atoms with Crippen molar-refractivity contribution in [3.05, 3.63) is 0 Å². The summed E-state index contributed by atoms with van der Waals surface area (Å²) in [7, 11) is 0. The van der Waals surface area contributed by atoms with Gasteiger partial charge in [0.15, 0.2) is 0 Å². The number of carbonyl (C=O) groups is 1. The molecule has 0 radical (unpaired) electrons. The van der Waals surface area contributed by atoms with Crippen LogP contribution in [0.25, 0.3) is 0 Å². The zero-order chi connectivity index (χ0) is 12.9. The lowest BCUT2D eigenvalue weighted by Gasteiger charge is -2.28. The van der Waals surface area contributed by atoms with E-state index in [0.717, 1.165) is 6.54 Å². The highest BCUT2D eigenvalue weighted by Crippen LogP contribution is 2.39. The van der Waals surface area contributed by atoms with Crippen molar-refractivity contribution in [3.63, 3.8) is 0 Å². The Labute approximate surface area is 109 Å². The van der Waals surface area contributed by atoms with Crippen molar-refractivity contribution in [3.8, 4) is 0 Å². The van der Waals surface area contributed by atoms with Crippen LogP contribution in [0.1, 0.15) is 39.5 Å². The van der Waals surface area contributed by atoms with Gasteiger partial charge in [0.25, 0.3) is 0 Å². The van der Waals surface area contributed by atoms with E-state index in [1.807, 2.05) is 11.8 Å². The average Bonchev–Trinajstić information content (AvgIpc) is 2.76. The van der Waals surface area contributed by atoms with Gasteiger partial charge in [-0.05, 0) is 25.0 Å². The molecule has 1 amide bonds. The molecule has 17 heavy (non-hydrogen) atoms. The molecule has 0 aromatic carbocycles. The zero-order valence-electron chi connectivity index (χ0n) is 11.3. The molecule has 0 aromatic rings. The minimum atomic E-state index is -0.0460. The normalized spacial score (nSPS) is 20.5. The smallest absolute Gasteiger partial charge is 0.224 e. The fourth-order valence-electron chi connectivity index (χ4n) is 2.53. The molecular weight excluding hydrogens is 232 g/mol. The maximum atomic E-state index is 12.0. The van der Waals surface area contributed by atoms with Crippen molar-refractivity contribution in [2.75, 3.05) is 19.3 Å². The highest BCUT2D eigenvalue weighted by molar-refractivity contribution is 8.00. The first kappa shape index (κ1) is 14.8. The monoisotopic (exact) mass is 258 g/mol. The number of nitrogens with one attached hydrogen (secondary N) is 1. The topological polar surface area (TPSA) is 55.1 Å². The van der Waals surface area contributed by atoms with Crippen molar-refractivity contribution in [1.29, 1.82) is 0 Å². The molecule has 4 heteroatoms. The van der Waals surface area contributed by atoms with Crippen LogP contribution in [0.3, 0.4) is 0 Å². The predicted octanol–water partition coefficient (Wildman–Crippen LogP) is 2.01. The Morgan fingerprint density at radius 2 is 2.00 bits per heavy atom. The summed E-state index contributed by atoms with van der Waals surface area (Å²) in [6, 6.07) is 0. The van der Waals surface area contributed by atoms with Gasteiger partial charge in [-0.1, -0.05) is 26.7 Å². The summed E-state index contributed by atoms with van der Waals surface area (Å²) in [5, 5.41) is 3.11. The molecule has 0 heterocycles. The van der Waals surface area contributed by atoms with Crippen molar-refractivity contribution < 1.29 is 4.79 Å². The van der Waals surface area contributed by atoms with Gasteiger partial charge in [-0.2, -0.15) is 11.8 Å². The van der Waals surface area contributed by atoms with Gasteiger partial charge in [0.1, 0.15) is 0 Å². The third-order valence-corrected chi connectivity index (χ3v) is 5.35. The number of hydrogen-bond donors (Lipinski definition) is 2. The molecule has 1 aliphatic carbocycles. The van der Waals surface area contributed by atoms with E-state index in [4.69, 9.17) is 5.73 Å². The summed E-state index contributed by atoms with van der Waals surface area (Å²) in [4.78, 5) is 12.0. The van der Waals surface area contributed by atoms with Crippen LogP contribution in [-0.2, 0) is 4.79 Å². The van der Waals surface area contributed by atoms with Crippen molar-refractivity contribution in [2.24, 2.45) is 17.6 Å². The first-order chi connectivity index (χ1) is 8.04. The van der Waals surface area contributed by atoms with Crippen LogP contribution in [0.2, 0.25) is 0 Å². The van der Waals surface area contributed by atoms with Crippen LogP contribution in [0.15, 0.2) is 0 Å². The number of nitrogens with two attached hydrogens (primary N) is 1. The average molecular weight is 258 g/mol. The van der Waals surface area contributed by atoms with E-state index in [-0.39, 0.29) is 16.6 Å². The van der Waals surface area contributed by atoms with E-state index >= 15 is 0 Å². The van der Waals surface area contributed by atoms with Crippen LogP contribution in [-0.4, -0.2) is 30.0 Å². The summed E-state index contributed by atoms with van der Waals surface area (Å²) < 4.78 is 0.284. The lowest BCUT2D eigenvalue weighted by Crippen LogP contribution is -2.44. The van der Waals surface area contributed by atoms with Gasteiger partial charge in [0.2, 0.25) is 5.91 Å². The molecule has 0 aromatic heterocycles. The number of thioether (sulfide) groups is 1. The Hall–Kier alpha value is -0.220. The fraction of sp³-hybridized carbons (Fsp3) is 0.923. The third-order valence-electron chi connectivity index (χ3n) is 3.93. The molecule has 1 atom stereocenters. The van der Waals surface area contributed by atoms with Crippen LogP contribution >= 0.6 is 11.8 Å². The molecular formula is C13H26N2OS. The Kier molecular flexibility index (Phi) is 5.80. The van der Waals surface area contributed by atoms with E-state index in [1.54, 1.807) is 0 Å². The largest absolute Gasteiger partial charge is 0.354 e. The summed E-state index contributed by atoms with van der Waals surface area (Å²) >= 11 is 1.90. The van der Waals surface area contributed by atoms with Gasteiger partial charge in [-0.15, -0.1) is 0 Å². The lowest BCUT2D eigenvalue weighted by atomic mass is 9.95. The van der Waals surface area contributed by atoms with Gasteiger partial charge >= 0.3 is 0 Å². The van der Waals surface area contributed by atoms with Crippen LogP contribution in [0.4, 0.5) is 0 Å². The van der Waals surface area contributed by atoms with Crippen molar-refractivity contribution in [1.82, 2.24) is 5.32 Å². The molecule has 0 spiro atoms. The van der Waals surface area contributed by atoms with Gasteiger partial charge < -0.3 is 11.1 Å². The number of rotatable bonds is 6. The lowest BCUT2D eigenvalue weighted by molar-refractivity contribution is -0.126. The molecule has 0 saturated heterocycles. The maximum absolute atomic E-state index is 12.0. The molecule has 1 fully saturated rings. The second-order valence-electron chi connectivity index (χ2n) is 5.40. The van der Waals surface area contributed by atoms with Gasteiger partial charge in [-0.25, -0.2) is 0 Å². The summed E-state index contributed by atoms with van der Waals surface area (Å²) in [6.07, 6.45) is 7.19. The number of amides is 1. The third kappa shape index (κ3) is 3.88. The Bertz CT molecular complexity index is 250. The molecule has 100 valence electrons. The first-order valence-electron chi connectivity index (χ1n) is 6.57. The maximum Gasteiger partial charge on any atom is 0.224 e. The van der Waals surface area contributed by atoms with E-state index < -0.39 is 0 Å². The molecule has 3 N–H and O–H groups in total. The number of hydrogen-bond acceptors (Lipinski definition) is 3. The van der Waals surface area contributed by atoms with E-state index in [2.05, 4.69) is 25.4 Å². The molecule has 1 rings (SSSR count). The van der Waals surface area contributed by atoms with Crippen LogP contribution in [0.5, 0.6) is 0 Å². The van der Waals surface area contributed by atoms with E-state index in [0.29, 0.717) is 12.5 Å². The standard InChI is InChI=1S/C13H26N2OS/c1-10(2)11(8-14)12(16)15-9-13(17-3)6-4-5-7-13/h10-11H,4-9,14H2,1-3H3,(H,15,16). The quantitative estimate of drug-likeness (QED) is 0.766. The van der Waals surface area contributed by atoms with E-state index in [9.17, 15) is 4.79 Å². The minimum Gasteiger partial charge on any atom is -0.354 e. The first-order valence-corrected chi connectivity index (χ1v) is 7.80. The Morgan fingerprint density at radius 1 is 1.41 bits per heavy atom. The molecule has 3 nitrogen and oxygen atoms in total. The van der Waals surface area contributed by atoms with Crippen molar-refractivity contribution in [2.45, 2.75) is 44.3 Å². The molecule has 1 saturated carbocycles. The van der Waals surface area contributed by atoms with Gasteiger partial charge in [0.05, 0.1) is 5.92 Å². The second kappa shape index (κ2) is 6.64. The summed E-state index contributed by atoms with van der Waals surface area (Å²) in [5.41, 5.74) is 5.66. The highest BCUT2D eigenvalue weighted by atomic mass is 32.2. The second-order valence-corrected chi connectivity index (χ2v) is 6.67. The molecule has 1 aliphatic rings. The number of carbonyl (C=O) groups excluding carboxylic acids is 1. The SMILES string of the molecule is CSC1(CNC(=O)C(CN)C(C)C)CCCC1. The van der Waals surface area contributed by atoms with Gasteiger partial charge in [-0.3, -0.25) is 4.79 Å². The van der Waals surface area contributed by atoms with E-state index in [1.165, 1.54) is 25.7 Å². The van der Waals surface area contributed by atoms with Crippen molar-refractivity contribution >= 4 is 17.7 Å². The highest BCUT2D eigenvalue weighted by Gasteiger charge is 2.34. The van der Waals surface area contributed by atoms with Crippen LogP contribution in [0, 0.1) is 11.8 Å². The zero-order valence-corrected chi connectivity index (χ0v) is 12.1. The molecule has 1 unspecified atom stereocenters. The minimum absolute atomic E-state index is 0.0460. The molecule has 0 aliphatic heterocycles.